The van der Waals surface area contributed by atoms with Gasteiger partial charge in [-0.25, -0.2) is 0 Å². The van der Waals surface area contributed by atoms with Crippen LogP contribution in [0, 0.1) is 5.41 Å². The first-order valence-corrected chi connectivity index (χ1v) is 8.13. The summed E-state index contributed by atoms with van der Waals surface area (Å²) in [5, 5.41) is 21.5. The Bertz CT molecular complexity index is 944. The van der Waals surface area contributed by atoms with Crippen molar-refractivity contribution in [2.24, 2.45) is 5.73 Å². The van der Waals surface area contributed by atoms with Crippen molar-refractivity contribution in [3.8, 4) is 10.6 Å². The molecular weight excluding hydrogens is 401 g/mol. The lowest BCUT2D eigenvalue weighted by Crippen LogP contribution is -2.20. The molecule has 142 valence electrons. The number of para-hydroxylation sites is 1. The van der Waals surface area contributed by atoms with E-state index in [2.05, 4.69) is 20.8 Å². The van der Waals surface area contributed by atoms with Crippen LogP contribution in [0.3, 0.4) is 0 Å². The molecule has 2 aromatic carbocycles. The fourth-order valence-corrected chi connectivity index (χ4v) is 3.00. The van der Waals surface area contributed by atoms with Gasteiger partial charge in [-0.1, -0.05) is 29.5 Å². The standard InChI is InChI=1S/C16H13F3N6S.ClH/c17-16(18,19)9-4-3-5-10(8-9)22-12-7-2-1-6-11(12)13-24-25-15(26-13)23-14(20)21;/h1-8,22H,(H4,20,21,23,25);1H. The highest BCUT2D eigenvalue weighted by atomic mass is 35.5. The Morgan fingerprint density at radius 2 is 1.81 bits per heavy atom. The van der Waals surface area contributed by atoms with Gasteiger partial charge < -0.3 is 16.4 Å². The van der Waals surface area contributed by atoms with Gasteiger partial charge in [0.2, 0.25) is 5.13 Å². The summed E-state index contributed by atoms with van der Waals surface area (Å²) in [5.74, 6) is -0.261. The van der Waals surface area contributed by atoms with Crippen LogP contribution >= 0.6 is 23.7 Å². The number of rotatable bonds is 4. The van der Waals surface area contributed by atoms with Crippen molar-refractivity contribution in [1.29, 1.82) is 5.41 Å². The predicted molar refractivity (Wildman–Crippen MR) is 103 cm³/mol. The van der Waals surface area contributed by atoms with Crippen LogP contribution in [0.4, 0.5) is 29.7 Å². The number of anilines is 3. The maximum atomic E-state index is 12.9. The fourth-order valence-electron chi connectivity index (χ4n) is 2.21. The summed E-state index contributed by atoms with van der Waals surface area (Å²) in [5.41, 5.74) is 6.08. The number of nitrogens with two attached hydrogens (primary N) is 1. The summed E-state index contributed by atoms with van der Waals surface area (Å²) in [6, 6.07) is 12.0. The summed E-state index contributed by atoms with van der Waals surface area (Å²) in [7, 11) is 0. The second-order valence-corrected chi connectivity index (χ2v) is 6.18. The van der Waals surface area contributed by atoms with Gasteiger partial charge in [0.1, 0.15) is 0 Å². The molecule has 0 amide bonds. The molecule has 5 N–H and O–H groups in total. The van der Waals surface area contributed by atoms with Crippen molar-refractivity contribution in [2.75, 3.05) is 10.6 Å². The van der Waals surface area contributed by atoms with Crippen LogP contribution in [0.15, 0.2) is 48.5 Å². The fraction of sp³-hybridized carbons (Fsp3) is 0.0625. The normalized spacial score (nSPS) is 10.8. The molecule has 1 heterocycles. The van der Waals surface area contributed by atoms with Crippen LogP contribution in [0.2, 0.25) is 0 Å². The van der Waals surface area contributed by atoms with Crippen LogP contribution in [0.1, 0.15) is 5.56 Å². The molecule has 0 aliphatic rings. The van der Waals surface area contributed by atoms with Crippen molar-refractivity contribution in [2.45, 2.75) is 6.18 Å². The van der Waals surface area contributed by atoms with E-state index in [4.69, 9.17) is 11.1 Å². The Morgan fingerprint density at radius 3 is 2.52 bits per heavy atom. The quantitative estimate of drug-likeness (QED) is 0.366. The van der Waals surface area contributed by atoms with E-state index in [-0.39, 0.29) is 18.4 Å². The summed E-state index contributed by atoms with van der Waals surface area (Å²) in [6.45, 7) is 0. The zero-order valence-corrected chi connectivity index (χ0v) is 15.2. The minimum Gasteiger partial charge on any atom is -0.370 e. The topological polar surface area (TPSA) is 99.7 Å². The molecule has 0 radical (unpaired) electrons. The molecule has 3 aromatic rings. The highest BCUT2D eigenvalue weighted by molar-refractivity contribution is 7.18. The molecule has 3 rings (SSSR count). The molecule has 0 spiro atoms. The van der Waals surface area contributed by atoms with Crippen molar-refractivity contribution in [3.63, 3.8) is 0 Å². The van der Waals surface area contributed by atoms with Gasteiger partial charge in [0.05, 0.1) is 5.56 Å². The molecule has 27 heavy (non-hydrogen) atoms. The van der Waals surface area contributed by atoms with Gasteiger partial charge >= 0.3 is 6.18 Å². The Labute approximate surface area is 162 Å². The first-order valence-electron chi connectivity index (χ1n) is 7.31. The van der Waals surface area contributed by atoms with E-state index < -0.39 is 11.7 Å². The highest BCUT2D eigenvalue weighted by Crippen LogP contribution is 2.35. The third-order valence-corrected chi connectivity index (χ3v) is 4.16. The van der Waals surface area contributed by atoms with Gasteiger partial charge in [0, 0.05) is 16.9 Å². The molecule has 0 saturated heterocycles. The van der Waals surface area contributed by atoms with E-state index in [1.54, 1.807) is 30.3 Å². The molecule has 6 nitrogen and oxygen atoms in total. The maximum Gasteiger partial charge on any atom is 0.416 e. The van der Waals surface area contributed by atoms with Crippen molar-refractivity contribution < 1.29 is 13.2 Å². The Balaban J connectivity index is 0.00000261. The monoisotopic (exact) mass is 414 g/mol. The van der Waals surface area contributed by atoms with E-state index in [1.165, 1.54) is 17.4 Å². The Kier molecular flexibility index (Phi) is 6.24. The van der Waals surface area contributed by atoms with Crippen LogP contribution in [0.25, 0.3) is 10.6 Å². The molecule has 0 aliphatic carbocycles. The predicted octanol–water partition coefficient (Wildman–Crippen LogP) is 4.69. The van der Waals surface area contributed by atoms with Crippen LogP contribution in [-0.4, -0.2) is 16.2 Å². The van der Waals surface area contributed by atoms with Crippen LogP contribution < -0.4 is 16.4 Å². The largest absolute Gasteiger partial charge is 0.416 e. The number of nitrogens with zero attached hydrogens (tertiary/aromatic N) is 2. The van der Waals surface area contributed by atoms with Crippen molar-refractivity contribution in [1.82, 2.24) is 10.2 Å². The number of hydrogen-bond donors (Lipinski definition) is 4. The summed E-state index contributed by atoms with van der Waals surface area (Å²) in [4.78, 5) is 0. The molecule has 0 unspecified atom stereocenters. The lowest BCUT2D eigenvalue weighted by molar-refractivity contribution is -0.137. The summed E-state index contributed by atoms with van der Waals surface area (Å²) >= 11 is 1.17. The number of nitrogens with one attached hydrogen (secondary N) is 3. The zero-order valence-electron chi connectivity index (χ0n) is 13.5. The Morgan fingerprint density at radius 1 is 1.07 bits per heavy atom. The van der Waals surface area contributed by atoms with Crippen LogP contribution in [0.5, 0.6) is 0 Å². The third kappa shape index (κ3) is 5.08. The highest BCUT2D eigenvalue weighted by Gasteiger charge is 2.30. The lowest BCUT2D eigenvalue weighted by Gasteiger charge is -2.12. The number of aromatic nitrogens is 2. The molecule has 0 atom stereocenters. The van der Waals surface area contributed by atoms with Gasteiger partial charge in [0.15, 0.2) is 11.0 Å². The van der Waals surface area contributed by atoms with Crippen LogP contribution in [-0.2, 0) is 6.18 Å². The SMILES string of the molecule is Cl.N=C(N)Nc1nnc(-c2ccccc2Nc2cccc(C(F)(F)F)c2)s1. The second kappa shape index (κ2) is 8.23. The number of hydrogen-bond acceptors (Lipinski definition) is 5. The van der Waals surface area contributed by atoms with Gasteiger partial charge in [-0.05, 0) is 30.3 Å². The molecule has 0 fully saturated rings. The van der Waals surface area contributed by atoms with E-state index in [0.29, 0.717) is 27.1 Å². The lowest BCUT2D eigenvalue weighted by atomic mass is 10.1. The molecule has 0 bridgehead atoms. The average molecular weight is 415 g/mol. The van der Waals surface area contributed by atoms with Gasteiger partial charge in [-0.2, -0.15) is 13.2 Å². The van der Waals surface area contributed by atoms with Crippen molar-refractivity contribution in [3.05, 3.63) is 54.1 Å². The molecule has 11 heteroatoms. The minimum absolute atomic E-state index is 0. The molecular formula is C16H14ClF3N6S. The number of halogens is 4. The van der Waals surface area contributed by atoms with Gasteiger partial charge in [0.25, 0.3) is 0 Å². The first-order chi connectivity index (χ1) is 12.3. The van der Waals surface area contributed by atoms with Crippen molar-refractivity contribution >= 4 is 46.2 Å². The molecule has 0 aliphatic heterocycles. The number of guanidine groups is 1. The van der Waals surface area contributed by atoms with Gasteiger partial charge in [-0.3, -0.25) is 5.41 Å². The van der Waals surface area contributed by atoms with E-state index in [1.807, 2.05) is 0 Å². The third-order valence-electron chi connectivity index (χ3n) is 3.29. The summed E-state index contributed by atoms with van der Waals surface area (Å²) < 4.78 is 38.6. The maximum absolute atomic E-state index is 12.9. The zero-order chi connectivity index (χ0) is 18.7. The first kappa shape index (κ1) is 20.5. The molecule has 0 saturated carbocycles. The van der Waals surface area contributed by atoms with E-state index in [9.17, 15) is 13.2 Å². The molecule has 1 aromatic heterocycles. The smallest absolute Gasteiger partial charge is 0.370 e. The number of benzene rings is 2. The second-order valence-electron chi connectivity index (χ2n) is 5.20. The summed E-state index contributed by atoms with van der Waals surface area (Å²) in [6.07, 6.45) is -4.41. The minimum atomic E-state index is -4.41. The Hall–Kier alpha value is -2.85. The van der Waals surface area contributed by atoms with E-state index in [0.717, 1.165) is 12.1 Å². The van der Waals surface area contributed by atoms with E-state index >= 15 is 0 Å². The number of alkyl halides is 3. The average Bonchev–Trinajstić information content (AvgIpc) is 3.02. The van der Waals surface area contributed by atoms with Gasteiger partial charge in [-0.15, -0.1) is 22.6 Å².